The van der Waals surface area contributed by atoms with Gasteiger partial charge in [0.1, 0.15) is 5.75 Å². The Morgan fingerprint density at radius 3 is 2.49 bits per heavy atom. The number of fused-ring (bicyclic) bond motifs is 3. The van der Waals surface area contributed by atoms with Gasteiger partial charge in [-0.05, 0) is 85.2 Å². The van der Waals surface area contributed by atoms with E-state index in [0.29, 0.717) is 5.02 Å². The predicted octanol–water partition coefficient (Wildman–Crippen LogP) is 8.48. The Morgan fingerprint density at radius 2 is 1.68 bits per heavy atom. The number of hydrogen-bond donors (Lipinski definition) is 1. The van der Waals surface area contributed by atoms with E-state index in [-0.39, 0.29) is 6.04 Å². The van der Waals surface area contributed by atoms with Crippen LogP contribution in [0.15, 0.2) is 78.9 Å². The molecule has 0 amide bonds. The number of anilines is 1. The van der Waals surface area contributed by atoms with Gasteiger partial charge in [0.2, 0.25) is 0 Å². The van der Waals surface area contributed by atoms with Crippen LogP contribution in [0, 0.1) is 0 Å². The van der Waals surface area contributed by atoms with Crippen LogP contribution in [0.5, 0.6) is 5.75 Å². The predicted molar refractivity (Wildman–Crippen MR) is 158 cm³/mol. The van der Waals surface area contributed by atoms with Crippen LogP contribution in [0.3, 0.4) is 0 Å². The Kier molecular flexibility index (Phi) is 7.78. The van der Waals surface area contributed by atoms with Gasteiger partial charge in [-0.25, -0.2) is 4.98 Å². The monoisotopic (exact) mass is 511 g/mol. The van der Waals surface area contributed by atoms with Crippen LogP contribution >= 0.6 is 11.6 Å². The summed E-state index contributed by atoms with van der Waals surface area (Å²) in [4.78, 5) is 7.42. The maximum absolute atomic E-state index is 6.38. The highest BCUT2D eigenvalue weighted by Gasteiger charge is 2.19. The first-order valence-corrected chi connectivity index (χ1v) is 13.5. The third-order valence-electron chi connectivity index (χ3n) is 7.32. The largest absolute Gasteiger partial charge is 0.497 e. The van der Waals surface area contributed by atoms with Crippen molar-refractivity contribution in [3.8, 4) is 5.75 Å². The summed E-state index contributed by atoms with van der Waals surface area (Å²) < 4.78 is 5.59. The van der Waals surface area contributed by atoms with Gasteiger partial charge in [-0.15, -0.1) is 0 Å². The van der Waals surface area contributed by atoms with Crippen molar-refractivity contribution in [2.24, 2.45) is 0 Å². The molecule has 4 nitrogen and oxygen atoms in total. The Morgan fingerprint density at radius 1 is 0.865 bits per heavy atom. The number of aromatic nitrogens is 1. The van der Waals surface area contributed by atoms with Crippen molar-refractivity contribution < 1.29 is 4.74 Å². The molecular formula is C32H34ClN3O. The molecule has 37 heavy (non-hydrogen) atoms. The van der Waals surface area contributed by atoms with Crippen molar-refractivity contribution in [1.82, 2.24) is 9.88 Å². The highest BCUT2D eigenvalue weighted by atomic mass is 35.5. The third-order valence-corrected chi connectivity index (χ3v) is 7.56. The van der Waals surface area contributed by atoms with Gasteiger partial charge in [0.15, 0.2) is 0 Å². The van der Waals surface area contributed by atoms with E-state index >= 15 is 0 Å². The molecule has 5 heteroatoms. The van der Waals surface area contributed by atoms with Crippen LogP contribution in [-0.2, 0) is 0 Å². The minimum Gasteiger partial charge on any atom is -0.497 e. The Balaban J connectivity index is 1.65. The summed E-state index contributed by atoms with van der Waals surface area (Å²) in [6.45, 7) is 7.69. The van der Waals surface area contributed by atoms with Gasteiger partial charge in [0.05, 0.1) is 29.9 Å². The third kappa shape index (κ3) is 5.36. The molecule has 0 aliphatic carbocycles. The minimum atomic E-state index is 0.123. The molecule has 190 valence electrons. The van der Waals surface area contributed by atoms with E-state index in [1.807, 2.05) is 24.3 Å². The number of halogens is 1. The number of nitrogens with zero attached hydrogens (tertiary/aromatic N) is 2. The van der Waals surface area contributed by atoms with Crippen molar-refractivity contribution in [2.45, 2.75) is 32.7 Å². The molecule has 1 N–H and O–H groups in total. The van der Waals surface area contributed by atoms with Gasteiger partial charge in [-0.3, -0.25) is 0 Å². The van der Waals surface area contributed by atoms with Crippen molar-refractivity contribution in [2.75, 3.05) is 32.1 Å². The molecule has 0 bridgehead atoms. The maximum atomic E-state index is 6.38. The van der Waals surface area contributed by atoms with Crippen LogP contribution in [0.25, 0.3) is 32.6 Å². The van der Waals surface area contributed by atoms with Crippen LogP contribution in [0.4, 0.5) is 5.69 Å². The summed E-state index contributed by atoms with van der Waals surface area (Å²) in [5.74, 6) is 0.814. The Hall–Kier alpha value is -3.34. The highest BCUT2D eigenvalue weighted by Crippen LogP contribution is 2.38. The second kappa shape index (κ2) is 11.4. The molecule has 0 aliphatic heterocycles. The lowest BCUT2D eigenvalue weighted by Gasteiger charge is -2.26. The summed E-state index contributed by atoms with van der Waals surface area (Å²) in [5.41, 5.74) is 4.18. The van der Waals surface area contributed by atoms with Gasteiger partial charge in [0.25, 0.3) is 0 Å². The number of ether oxygens (including phenoxy) is 1. The SMILES string of the molecule is CCN(CC)CCC[C@H](Nc1c2ccc(Cl)cc2nc2ccc(OC)cc12)c1cccc2ccccc12. The van der Waals surface area contributed by atoms with E-state index < -0.39 is 0 Å². The Bertz CT molecular complexity index is 1520. The molecule has 0 saturated heterocycles. The van der Waals surface area contributed by atoms with Crippen LogP contribution in [0.1, 0.15) is 38.3 Å². The quantitative estimate of drug-likeness (QED) is 0.191. The van der Waals surface area contributed by atoms with E-state index in [9.17, 15) is 0 Å². The minimum absolute atomic E-state index is 0.123. The van der Waals surface area contributed by atoms with Crippen molar-refractivity contribution >= 4 is 49.9 Å². The molecule has 4 aromatic carbocycles. The fraction of sp³-hybridized carbons (Fsp3) is 0.281. The van der Waals surface area contributed by atoms with Crippen molar-refractivity contribution in [3.63, 3.8) is 0 Å². The van der Waals surface area contributed by atoms with E-state index in [1.54, 1.807) is 7.11 Å². The molecule has 0 unspecified atom stereocenters. The Labute approximate surface area is 224 Å². The van der Waals surface area contributed by atoms with Gasteiger partial charge in [-0.2, -0.15) is 0 Å². The zero-order valence-electron chi connectivity index (χ0n) is 21.8. The topological polar surface area (TPSA) is 37.4 Å². The molecule has 1 heterocycles. The van der Waals surface area contributed by atoms with Gasteiger partial charge in [0, 0.05) is 15.8 Å². The molecule has 0 aliphatic rings. The van der Waals surface area contributed by atoms with Crippen molar-refractivity contribution in [1.29, 1.82) is 0 Å². The lowest BCUT2D eigenvalue weighted by molar-refractivity contribution is 0.294. The molecule has 1 atom stereocenters. The standard InChI is InChI=1S/C32H34ClN3O/c1-4-36(5-2)19-9-14-29(26-13-8-11-22-10-6-7-12-25(22)26)35-32-27-17-15-23(33)20-31(27)34-30-18-16-24(37-3)21-28(30)32/h6-8,10-13,15-18,20-21,29H,4-5,9,14,19H2,1-3H3,(H,34,35)/t29-/m0/s1. The first-order valence-electron chi connectivity index (χ1n) is 13.1. The van der Waals surface area contributed by atoms with E-state index in [0.717, 1.165) is 65.7 Å². The van der Waals surface area contributed by atoms with Gasteiger partial charge in [-0.1, -0.05) is 67.9 Å². The molecule has 0 radical (unpaired) electrons. The average Bonchev–Trinajstić information content (AvgIpc) is 2.93. The van der Waals surface area contributed by atoms with E-state index in [2.05, 4.69) is 78.7 Å². The number of rotatable bonds is 10. The second-order valence-electron chi connectivity index (χ2n) is 9.47. The number of pyridine rings is 1. The summed E-state index contributed by atoms with van der Waals surface area (Å²) in [5, 5.41) is 9.32. The first kappa shape index (κ1) is 25.3. The molecule has 0 fully saturated rings. The summed E-state index contributed by atoms with van der Waals surface area (Å²) >= 11 is 6.38. The zero-order chi connectivity index (χ0) is 25.8. The summed E-state index contributed by atoms with van der Waals surface area (Å²) in [6, 6.07) is 27.4. The highest BCUT2D eigenvalue weighted by molar-refractivity contribution is 6.31. The van der Waals surface area contributed by atoms with Crippen LogP contribution in [-0.4, -0.2) is 36.6 Å². The fourth-order valence-corrected chi connectivity index (χ4v) is 5.44. The van der Waals surface area contributed by atoms with Crippen LogP contribution in [0.2, 0.25) is 5.02 Å². The fourth-order valence-electron chi connectivity index (χ4n) is 5.27. The summed E-state index contributed by atoms with van der Waals surface area (Å²) in [7, 11) is 1.70. The van der Waals surface area contributed by atoms with Gasteiger partial charge >= 0.3 is 0 Å². The lowest BCUT2D eigenvalue weighted by Crippen LogP contribution is -2.25. The number of nitrogens with one attached hydrogen (secondary N) is 1. The number of methoxy groups -OCH3 is 1. The molecule has 5 rings (SSSR count). The maximum Gasteiger partial charge on any atom is 0.119 e. The number of benzene rings is 4. The number of hydrogen-bond acceptors (Lipinski definition) is 4. The molecule has 0 spiro atoms. The molecule has 1 aromatic heterocycles. The zero-order valence-corrected chi connectivity index (χ0v) is 22.6. The normalized spacial score (nSPS) is 12.5. The summed E-state index contributed by atoms with van der Waals surface area (Å²) in [6.07, 6.45) is 2.10. The lowest BCUT2D eigenvalue weighted by atomic mass is 9.94. The van der Waals surface area contributed by atoms with Gasteiger partial charge < -0.3 is 15.0 Å². The molecular weight excluding hydrogens is 478 g/mol. The molecule has 5 aromatic rings. The average molecular weight is 512 g/mol. The van der Waals surface area contributed by atoms with Crippen LogP contribution < -0.4 is 10.1 Å². The second-order valence-corrected chi connectivity index (χ2v) is 9.90. The smallest absolute Gasteiger partial charge is 0.119 e. The van der Waals surface area contributed by atoms with E-state index in [4.69, 9.17) is 21.3 Å². The van der Waals surface area contributed by atoms with E-state index in [1.165, 1.54) is 16.3 Å². The molecule has 0 saturated carbocycles. The first-order chi connectivity index (χ1) is 18.1. The van der Waals surface area contributed by atoms with Crippen molar-refractivity contribution in [3.05, 3.63) is 89.4 Å².